The predicted octanol–water partition coefficient (Wildman–Crippen LogP) is 6.08. The minimum absolute atomic E-state index is 0.329. The average Bonchev–Trinajstić information content (AvgIpc) is 3.06. The summed E-state index contributed by atoms with van der Waals surface area (Å²) in [7, 11) is 0. The molecule has 0 fully saturated rings. The molecule has 3 nitrogen and oxygen atoms in total. The number of anilines is 1. The maximum Gasteiger partial charge on any atom is 0.259 e. The number of benzene rings is 1. The van der Waals surface area contributed by atoms with Crippen LogP contribution in [0.4, 0.5) is 5.13 Å². The van der Waals surface area contributed by atoms with Crippen LogP contribution in [-0.4, -0.2) is 10.9 Å². The zero-order chi connectivity index (χ0) is 15.7. The maximum atomic E-state index is 12.1. The number of halogens is 3. The molecule has 0 saturated carbocycles. The van der Waals surface area contributed by atoms with E-state index in [1.165, 1.54) is 17.4 Å². The van der Waals surface area contributed by atoms with Crippen LogP contribution in [0.25, 0.3) is 11.3 Å². The van der Waals surface area contributed by atoms with E-state index < -0.39 is 0 Å². The van der Waals surface area contributed by atoms with Crippen LogP contribution in [0.3, 0.4) is 0 Å². The molecule has 112 valence electrons. The van der Waals surface area contributed by atoms with Crippen molar-refractivity contribution in [3.05, 3.63) is 55.0 Å². The average molecular weight is 390 g/mol. The zero-order valence-corrected chi connectivity index (χ0v) is 14.7. The van der Waals surface area contributed by atoms with E-state index in [1.54, 1.807) is 12.1 Å². The largest absolute Gasteiger partial charge is 0.298 e. The van der Waals surface area contributed by atoms with E-state index in [4.69, 9.17) is 34.8 Å². The monoisotopic (exact) mass is 388 g/mol. The Bertz CT molecular complexity index is 827. The molecule has 0 saturated heterocycles. The quantitative estimate of drug-likeness (QED) is 0.589. The van der Waals surface area contributed by atoms with Gasteiger partial charge in [-0.25, -0.2) is 4.98 Å². The van der Waals surface area contributed by atoms with Gasteiger partial charge in [0, 0.05) is 16.0 Å². The van der Waals surface area contributed by atoms with Crippen LogP contribution in [0.2, 0.25) is 13.7 Å². The lowest BCUT2D eigenvalue weighted by molar-refractivity contribution is 0.102. The van der Waals surface area contributed by atoms with Crippen LogP contribution >= 0.6 is 57.5 Å². The Balaban J connectivity index is 1.78. The third-order valence-corrected chi connectivity index (χ3v) is 5.26. The molecule has 22 heavy (non-hydrogen) atoms. The van der Waals surface area contributed by atoms with Crippen molar-refractivity contribution in [3.63, 3.8) is 0 Å². The highest BCUT2D eigenvalue weighted by Gasteiger charge is 2.16. The predicted molar refractivity (Wildman–Crippen MR) is 94.9 cm³/mol. The van der Waals surface area contributed by atoms with E-state index in [-0.39, 0.29) is 5.91 Å². The summed E-state index contributed by atoms with van der Waals surface area (Å²) in [6.07, 6.45) is 0. The van der Waals surface area contributed by atoms with Crippen molar-refractivity contribution in [1.82, 2.24) is 4.98 Å². The number of carbonyl (C=O) groups is 1. The summed E-state index contributed by atoms with van der Waals surface area (Å²) >= 11 is 20.2. The summed E-state index contributed by atoms with van der Waals surface area (Å²) in [6.45, 7) is 0. The molecule has 2 heterocycles. The molecular weight excluding hydrogens is 383 g/mol. The van der Waals surface area contributed by atoms with Gasteiger partial charge in [-0.2, -0.15) is 0 Å². The third kappa shape index (κ3) is 3.45. The SMILES string of the molecule is O=C(Nc1nc(-c2ccc(Cl)cc2)cs1)c1cc(Cl)sc1Cl. The molecule has 0 aliphatic rings. The molecule has 0 aliphatic heterocycles. The minimum atomic E-state index is -0.329. The first-order valence-electron chi connectivity index (χ1n) is 6.00. The molecule has 0 spiro atoms. The lowest BCUT2D eigenvalue weighted by Gasteiger charge is -2.00. The van der Waals surface area contributed by atoms with Gasteiger partial charge < -0.3 is 0 Å². The summed E-state index contributed by atoms with van der Waals surface area (Å²) in [5.74, 6) is -0.329. The summed E-state index contributed by atoms with van der Waals surface area (Å²) in [4.78, 5) is 16.5. The molecule has 8 heteroatoms. The van der Waals surface area contributed by atoms with E-state index >= 15 is 0 Å². The second-order valence-corrected chi connectivity index (χ2v) is 7.82. The van der Waals surface area contributed by atoms with Gasteiger partial charge in [-0.15, -0.1) is 22.7 Å². The smallest absolute Gasteiger partial charge is 0.259 e. The first-order chi connectivity index (χ1) is 10.5. The number of nitrogens with zero attached hydrogens (tertiary/aromatic N) is 1. The van der Waals surface area contributed by atoms with Gasteiger partial charge in [0.05, 0.1) is 15.6 Å². The van der Waals surface area contributed by atoms with Gasteiger partial charge in [-0.05, 0) is 18.2 Å². The zero-order valence-electron chi connectivity index (χ0n) is 10.8. The minimum Gasteiger partial charge on any atom is -0.298 e. The number of hydrogen-bond donors (Lipinski definition) is 1. The highest BCUT2D eigenvalue weighted by molar-refractivity contribution is 7.20. The number of carbonyl (C=O) groups excluding carboxylic acids is 1. The van der Waals surface area contributed by atoms with E-state index in [0.29, 0.717) is 24.4 Å². The molecule has 1 aromatic carbocycles. The standard InChI is InChI=1S/C14H7Cl3N2OS2/c15-8-3-1-7(2-4-8)10-6-21-14(18-10)19-13(20)9-5-11(16)22-12(9)17/h1-6H,(H,18,19,20). The topological polar surface area (TPSA) is 42.0 Å². The van der Waals surface area contributed by atoms with Gasteiger partial charge in [0.15, 0.2) is 5.13 Å². The highest BCUT2D eigenvalue weighted by atomic mass is 35.5. The summed E-state index contributed by atoms with van der Waals surface area (Å²) in [6, 6.07) is 8.87. The highest BCUT2D eigenvalue weighted by Crippen LogP contribution is 2.32. The molecule has 0 atom stereocenters. The Hall–Kier alpha value is -1.11. The Morgan fingerprint density at radius 3 is 2.50 bits per heavy atom. The molecular formula is C14H7Cl3N2OS2. The van der Waals surface area contributed by atoms with Gasteiger partial charge in [0.2, 0.25) is 0 Å². The molecule has 0 unspecified atom stereocenters. The number of rotatable bonds is 3. The van der Waals surface area contributed by atoms with Gasteiger partial charge in [-0.1, -0.05) is 46.9 Å². The fraction of sp³-hybridized carbons (Fsp3) is 0. The summed E-state index contributed by atoms with van der Waals surface area (Å²) in [5.41, 5.74) is 2.05. The Labute approximate surface area is 149 Å². The molecule has 0 bridgehead atoms. The van der Waals surface area contributed by atoms with Gasteiger partial charge in [-0.3, -0.25) is 10.1 Å². The van der Waals surface area contributed by atoms with Crippen LogP contribution in [0, 0.1) is 0 Å². The molecule has 1 N–H and O–H groups in total. The van der Waals surface area contributed by atoms with Crippen LogP contribution in [-0.2, 0) is 0 Å². The molecule has 0 radical (unpaired) electrons. The number of thiazole rings is 1. The lowest BCUT2D eigenvalue weighted by Crippen LogP contribution is -2.11. The fourth-order valence-electron chi connectivity index (χ4n) is 1.74. The second-order valence-electron chi connectivity index (χ2n) is 4.24. The summed E-state index contributed by atoms with van der Waals surface area (Å²) < 4.78 is 0.827. The van der Waals surface area contributed by atoms with Crippen molar-refractivity contribution in [2.24, 2.45) is 0 Å². The van der Waals surface area contributed by atoms with Crippen LogP contribution in [0.5, 0.6) is 0 Å². The molecule has 3 aromatic rings. The van der Waals surface area contributed by atoms with Crippen molar-refractivity contribution < 1.29 is 4.79 Å². The molecule has 0 aliphatic carbocycles. The Morgan fingerprint density at radius 2 is 1.86 bits per heavy atom. The van der Waals surface area contributed by atoms with Crippen LogP contribution in [0.15, 0.2) is 35.7 Å². The van der Waals surface area contributed by atoms with E-state index in [0.717, 1.165) is 22.6 Å². The Kier molecular flexibility index (Phi) is 4.70. The van der Waals surface area contributed by atoms with Crippen molar-refractivity contribution in [2.45, 2.75) is 0 Å². The van der Waals surface area contributed by atoms with E-state index in [1.807, 2.05) is 17.5 Å². The maximum absolute atomic E-state index is 12.1. The molecule has 1 amide bonds. The van der Waals surface area contributed by atoms with Gasteiger partial charge >= 0.3 is 0 Å². The van der Waals surface area contributed by atoms with E-state index in [9.17, 15) is 4.79 Å². The second kappa shape index (κ2) is 6.56. The number of aromatic nitrogens is 1. The van der Waals surface area contributed by atoms with Gasteiger partial charge in [0.25, 0.3) is 5.91 Å². The first-order valence-corrected chi connectivity index (χ1v) is 8.83. The summed E-state index contributed by atoms with van der Waals surface area (Å²) in [5, 5.41) is 5.74. The van der Waals surface area contributed by atoms with Crippen molar-refractivity contribution in [1.29, 1.82) is 0 Å². The van der Waals surface area contributed by atoms with Gasteiger partial charge in [0.1, 0.15) is 4.34 Å². The number of nitrogens with one attached hydrogen (secondary N) is 1. The van der Waals surface area contributed by atoms with Crippen molar-refractivity contribution in [3.8, 4) is 11.3 Å². The molecule has 2 aromatic heterocycles. The normalized spacial score (nSPS) is 10.7. The van der Waals surface area contributed by atoms with Crippen LogP contribution in [0.1, 0.15) is 10.4 Å². The fourth-order valence-corrected chi connectivity index (χ4v) is 4.04. The van der Waals surface area contributed by atoms with Crippen LogP contribution < -0.4 is 5.32 Å². The Morgan fingerprint density at radius 1 is 1.14 bits per heavy atom. The number of thiophene rings is 1. The number of hydrogen-bond acceptors (Lipinski definition) is 4. The lowest BCUT2D eigenvalue weighted by atomic mass is 10.2. The number of amides is 1. The third-order valence-electron chi connectivity index (χ3n) is 2.77. The van der Waals surface area contributed by atoms with Crippen molar-refractivity contribution >= 4 is 68.5 Å². The first kappa shape index (κ1) is 15.8. The van der Waals surface area contributed by atoms with E-state index in [2.05, 4.69) is 10.3 Å². The van der Waals surface area contributed by atoms with Crippen molar-refractivity contribution in [2.75, 3.05) is 5.32 Å². The molecule has 3 rings (SSSR count).